The molecule has 1 aromatic carbocycles. The van der Waals surface area contributed by atoms with Gasteiger partial charge in [0.25, 0.3) is 5.91 Å². The number of esters is 1. The number of anilines is 1. The first kappa shape index (κ1) is 18.7. The largest absolute Gasteiger partial charge is 0.472 e. The second-order valence-electron chi connectivity index (χ2n) is 6.39. The molecule has 1 aromatic heterocycles. The fourth-order valence-electron chi connectivity index (χ4n) is 3.09. The van der Waals surface area contributed by atoms with Gasteiger partial charge in [-0.15, -0.1) is 0 Å². The zero-order chi connectivity index (χ0) is 19.2. The van der Waals surface area contributed by atoms with Crippen LogP contribution in [0.1, 0.15) is 40.5 Å². The Kier molecular flexibility index (Phi) is 5.90. The summed E-state index contributed by atoms with van der Waals surface area (Å²) in [5.74, 6) is -0.931. The zero-order valence-electron chi connectivity index (χ0n) is 15.1. The van der Waals surface area contributed by atoms with Gasteiger partial charge in [-0.3, -0.25) is 9.59 Å². The van der Waals surface area contributed by atoms with E-state index in [9.17, 15) is 14.4 Å². The van der Waals surface area contributed by atoms with E-state index in [-0.39, 0.29) is 17.7 Å². The fraction of sp³-hybridized carbons (Fsp3) is 0.350. The molecule has 2 heterocycles. The molecular formula is C20H22N2O5. The molecule has 1 fully saturated rings. The molecule has 1 saturated heterocycles. The van der Waals surface area contributed by atoms with Crippen molar-refractivity contribution in [2.75, 3.05) is 25.0 Å². The monoisotopic (exact) mass is 370 g/mol. The van der Waals surface area contributed by atoms with Crippen LogP contribution in [0.25, 0.3) is 0 Å². The molecule has 7 nitrogen and oxygen atoms in total. The van der Waals surface area contributed by atoms with E-state index in [4.69, 9.17) is 9.15 Å². The summed E-state index contributed by atoms with van der Waals surface area (Å²) in [5.41, 5.74) is 1.53. The molecule has 0 radical (unpaired) electrons. The topological polar surface area (TPSA) is 88.9 Å². The standard InChI is InChI=1S/C20H22N2O5/c1-2-27-20(25)14-5-7-17(8-6-14)21-18(23)15-4-3-10-22(12-15)19(24)16-9-11-26-13-16/h5-9,11,13,15H,2-4,10,12H2,1H3,(H,21,23)/t15-/m1/s1. The lowest BCUT2D eigenvalue weighted by molar-refractivity contribution is -0.121. The number of hydrogen-bond donors (Lipinski definition) is 1. The Balaban J connectivity index is 1.59. The Morgan fingerprint density at radius 1 is 1.19 bits per heavy atom. The molecule has 1 aliphatic heterocycles. The lowest BCUT2D eigenvalue weighted by Crippen LogP contribution is -2.43. The number of nitrogens with one attached hydrogen (secondary N) is 1. The van der Waals surface area contributed by atoms with Crippen LogP contribution in [0.2, 0.25) is 0 Å². The molecular weight excluding hydrogens is 348 g/mol. The molecule has 3 rings (SSSR count). The Morgan fingerprint density at radius 2 is 1.96 bits per heavy atom. The predicted octanol–water partition coefficient (Wildman–Crippen LogP) is 2.95. The van der Waals surface area contributed by atoms with Crippen molar-refractivity contribution in [2.24, 2.45) is 5.92 Å². The number of piperidine rings is 1. The average Bonchev–Trinajstić information content (AvgIpc) is 3.23. The van der Waals surface area contributed by atoms with Gasteiger partial charge in [0.05, 0.1) is 29.9 Å². The van der Waals surface area contributed by atoms with Crippen molar-refractivity contribution in [1.29, 1.82) is 0 Å². The van der Waals surface area contributed by atoms with Crippen molar-refractivity contribution in [2.45, 2.75) is 19.8 Å². The van der Waals surface area contributed by atoms with Crippen LogP contribution in [0, 0.1) is 5.92 Å². The normalized spacial score (nSPS) is 16.6. The third-order valence-corrected chi connectivity index (χ3v) is 4.51. The smallest absolute Gasteiger partial charge is 0.338 e. The molecule has 0 aliphatic carbocycles. The van der Waals surface area contributed by atoms with E-state index in [1.807, 2.05) is 0 Å². The highest BCUT2D eigenvalue weighted by Gasteiger charge is 2.29. The summed E-state index contributed by atoms with van der Waals surface area (Å²) in [6, 6.07) is 8.19. The third kappa shape index (κ3) is 4.55. The minimum absolute atomic E-state index is 0.125. The summed E-state index contributed by atoms with van der Waals surface area (Å²) in [7, 11) is 0. The van der Waals surface area contributed by atoms with E-state index in [0.717, 1.165) is 12.8 Å². The number of carbonyl (C=O) groups is 3. The molecule has 142 valence electrons. The maximum atomic E-state index is 12.6. The Labute approximate surface area is 157 Å². The fourth-order valence-corrected chi connectivity index (χ4v) is 3.09. The first-order valence-corrected chi connectivity index (χ1v) is 8.98. The molecule has 0 unspecified atom stereocenters. The quantitative estimate of drug-likeness (QED) is 0.818. The number of benzene rings is 1. The lowest BCUT2D eigenvalue weighted by atomic mass is 9.96. The van der Waals surface area contributed by atoms with Crippen LogP contribution in [0.3, 0.4) is 0 Å². The van der Waals surface area contributed by atoms with E-state index in [0.29, 0.717) is 36.5 Å². The minimum Gasteiger partial charge on any atom is -0.472 e. The Morgan fingerprint density at radius 3 is 2.63 bits per heavy atom. The highest BCUT2D eigenvalue weighted by atomic mass is 16.5. The number of nitrogens with zero attached hydrogens (tertiary/aromatic N) is 1. The van der Waals surface area contributed by atoms with Gasteiger partial charge in [-0.2, -0.15) is 0 Å². The van der Waals surface area contributed by atoms with Crippen LogP contribution in [-0.4, -0.2) is 42.4 Å². The second-order valence-corrected chi connectivity index (χ2v) is 6.39. The van der Waals surface area contributed by atoms with E-state index in [2.05, 4.69) is 5.32 Å². The molecule has 1 N–H and O–H groups in total. The van der Waals surface area contributed by atoms with Crippen LogP contribution in [0.15, 0.2) is 47.3 Å². The molecule has 0 bridgehead atoms. The van der Waals surface area contributed by atoms with Gasteiger partial charge in [0, 0.05) is 18.8 Å². The van der Waals surface area contributed by atoms with Gasteiger partial charge in [0.15, 0.2) is 0 Å². The van der Waals surface area contributed by atoms with E-state index >= 15 is 0 Å². The highest BCUT2D eigenvalue weighted by molar-refractivity contribution is 5.96. The van der Waals surface area contributed by atoms with Gasteiger partial charge in [-0.1, -0.05) is 0 Å². The number of amides is 2. The summed E-state index contributed by atoms with van der Waals surface area (Å²) in [6.07, 6.45) is 4.36. The summed E-state index contributed by atoms with van der Waals surface area (Å²) in [5, 5.41) is 2.86. The molecule has 27 heavy (non-hydrogen) atoms. The van der Waals surface area contributed by atoms with Crippen LogP contribution in [0.4, 0.5) is 5.69 Å². The van der Waals surface area contributed by atoms with Gasteiger partial charge < -0.3 is 19.4 Å². The van der Waals surface area contributed by atoms with Crippen molar-refractivity contribution >= 4 is 23.5 Å². The molecule has 0 spiro atoms. The molecule has 2 amide bonds. The first-order chi connectivity index (χ1) is 13.1. The SMILES string of the molecule is CCOC(=O)c1ccc(NC(=O)[C@@H]2CCCN(C(=O)c3ccoc3)C2)cc1. The maximum absolute atomic E-state index is 12.6. The van der Waals surface area contributed by atoms with Crippen LogP contribution < -0.4 is 5.32 Å². The van der Waals surface area contributed by atoms with Gasteiger partial charge in [-0.25, -0.2) is 4.79 Å². The summed E-state index contributed by atoms with van der Waals surface area (Å²) in [4.78, 5) is 38.4. The van der Waals surface area contributed by atoms with Crippen molar-refractivity contribution in [3.8, 4) is 0 Å². The summed E-state index contributed by atoms with van der Waals surface area (Å²) in [6.45, 7) is 3.06. The third-order valence-electron chi connectivity index (χ3n) is 4.51. The number of hydrogen-bond acceptors (Lipinski definition) is 5. The number of likely N-dealkylation sites (tertiary alicyclic amines) is 1. The Bertz CT molecular complexity index is 798. The van der Waals surface area contributed by atoms with E-state index in [1.165, 1.54) is 12.5 Å². The summed E-state index contributed by atoms with van der Waals surface area (Å²) >= 11 is 0. The lowest BCUT2D eigenvalue weighted by Gasteiger charge is -2.31. The minimum atomic E-state index is -0.393. The van der Waals surface area contributed by atoms with Crippen LogP contribution in [0.5, 0.6) is 0 Å². The maximum Gasteiger partial charge on any atom is 0.338 e. The molecule has 7 heteroatoms. The molecule has 2 aromatic rings. The molecule has 1 atom stereocenters. The second kappa shape index (κ2) is 8.53. The van der Waals surface area contributed by atoms with Gasteiger partial charge >= 0.3 is 5.97 Å². The van der Waals surface area contributed by atoms with E-state index < -0.39 is 5.97 Å². The van der Waals surface area contributed by atoms with Crippen molar-refractivity contribution in [1.82, 2.24) is 4.90 Å². The Hall–Kier alpha value is -3.09. The number of carbonyl (C=O) groups excluding carboxylic acids is 3. The number of rotatable bonds is 5. The summed E-state index contributed by atoms with van der Waals surface area (Å²) < 4.78 is 9.90. The van der Waals surface area contributed by atoms with Gasteiger partial charge in [0.1, 0.15) is 6.26 Å². The van der Waals surface area contributed by atoms with Gasteiger partial charge in [-0.05, 0) is 50.1 Å². The average molecular weight is 370 g/mol. The first-order valence-electron chi connectivity index (χ1n) is 8.98. The van der Waals surface area contributed by atoms with Crippen LogP contribution >= 0.6 is 0 Å². The molecule has 1 aliphatic rings. The van der Waals surface area contributed by atoms with Gasteiger partial charge in [0.2, 0.25) is 5.91 Å². The van der Waals surface area contributed by atoms with Crippen molar-refractivity contribution < 1.29 is 23.5 Å². The van der Waals surface area contributed by atoms with Crippen molar-refractivity contribution in [3.63, 3.8) is 0 Å². The van der Waals surface area contributed by atoms with E-state index in [1.54, 1.807) is 42.2 Å². The zero-order valence-corrected chi connectivity index (χ0v) is 15.1. The predicted molar refractivity (Wildman–Crippen MR) is 98.4 cm³/mol. The number of ether oxygens (including phenoxy) is 1. The number of furan rings is 1. The van der Waals surface area contributed by atoms with Crippen LogP contribution in [-0.2, 0) is 9.53 Å². The van der Waals surface area contributed by atoms with Crippen molar-refractivity contribution in [3.05, 3.63) is 54.0 Å². The highest BCUT2D eigenvalue weighted by Crippen LogP contribution is 2.21. The molecule has 0 saturated carbocycles.